The summed E-state index contributed by atoms with van der Waals surface area (Å²) in [5.41, 5.74) is -1.64. The Morgan fingerprint density at radius 1 is 1.26 bits per heavy atom. The maximum absolute atomic E-state index is 13.2. The molecule has 3 aliphatic heterocycles. The number of likely N-dealkylation sites (N-methyl/N-ethyl adjacent to an activating group) is 1. The van der Waals surface area contributed by atoms with Crippen molar-refractivity contribution < 1.29 is 23.9 Å². The van der Waals surface area contributed by atoms with Gasteiger partial charge < -0.3 is 19.1 Å². The highest BCUT2D eigenvalue weighted by molar-refractivity contribution is 7.12. The second-order valence-electron chi connectivity index (χ2n) is 8.79. The number of thiophene rings is 2. The fourth-order valence-corrected chi connectivity index (χ4v) is 7.63. The molecule has 27 heavy (non-hydrogen) atoms. The maximum atomic E-state index is 13.2. The lowest BCUT2D eigenvalue weighted by molar-refractivity contribution is -0.936. The van der Waals surface area contributed by atoms with E-state index in [2.05, 4.69) is 14.1 Å². The molecule has 2 aromatic heterocycles. The van der Waals surface area contributed by atoms with E-state index in [1.165, 1.54) is 22.7 Å². The third-order valence-corrected chi connectivity index (χ3v) is 9.32. The van der Waals surface area contributed by atoms with Crippen molar-refractivity contribution in [2.45, 2.75) is 48.3 Å². The Morgan fingerprint density at radius 3 is 2.44 bits per heavy atom. The number of hydrogen-bond acceptors (Lipinski definition) is 6. The van der Waals surface area contributed by atoms with Crippen LogP contribution in [0.5, 0.6) is 0 Å². The van der Waals surface area contributed by atoms with E-state index in [1.807, 2.05) is 22.9 Å². The smallest absolute Gasteiger partial charge is 0.349 e. The summed E-state index contributed by atoms with van der Waals surface area (Å²) in [6, 6.07) is 8.17. The Labute approximate surface area is 165 Å². The number of hydrogen-bond donors (Lipinski definition) is 1. The molecule has 5 unspecified atom stereocenters. The van der Waals surface area contributed by atoms with Crippen LogP contribution >= 0.6 is 22.7 Å². The van der Waals surface area contributed by atoms with Gasteiger partial charge in [0.05, 0.1) is 29.8 Å². The van der Waals surface area contributed by atoms with Crippen LogP contribution in [0.1, 0.15) is 22.6 Å². The zero-order chi connectivity index (χ0) is 18.6. The van der Waals surface area contributed by atoms with Gasteiger partial charge in [0.1, 0.15) is 24.3 Å². The molecule has 5 nitrogen and oxygen atoms in total. The Hall–Kier alpha value is -1.25. The SMILES string of the molecule is C[N+]1(C)C2C[C@H](OC(=O)C(O)(c3cccs3)c3cccs3)CC1C13OC1C23. The van der Waals surface area contributed by atoms with E-state index in [9.17, 15) is 9.90 Å². The molecular formula is C20H22NO4S2+. The molecule has 1 saturated carbocycles. The second kappa shape index (κ2) is 5.02. The van der Waals surface area contributed by atoms with Crippen LogP contribution in [0.15, 0.2) is 35.0 Å². The van der Waals surface area contributed by atoms with Crippen molar-refractivity contribution in [3.63, 3.8) is 0 Å². The second-order valence-corrected chi connectivity index (χ2v) is 10.7. The van der Waals surface area contributed by atoms with Gasteiger partial charge in [-0.1, -0.05) is 12.1 Å². The van der Waals surface area contributed by atoms with Crippen LogP contribution < -0.4 is 0 Å². The zero-order valence-electron chi connectivity index (χ0n) is 15.2. The molecule has 1 spiro atoms. The average Bonchev–Trinajstić information content (AvgIpc) is 3.20. The quantitative estimate of drug-likeness (QED) is 0.483. The molecule has 4 fully saturated rings. The number of ether oxygens (including phenoxy) is 2. The minimum Gasteiger partial charge on any atom is -0.459 e. The normalized spacial score (nSPS) is 40.2. The number of fused-ring (bicyclic) bond motifs is 4. The van der Waals surface area contributed by atoms with Gasteiger partial charge >= 0.3 is 5.97 Å². The first-order chi connectivity index (χ1) is 12.9. The van der Waals surface area contributed by atoms with Gasteiger partial charge in [-0.2, -0.15) is 0 Å². The number of carbonyl (C=O) groups excluding carboxylic acids is 1. The van der Waals surface area contributed by atoms with Crippen molar-refractivity contribution in [3.05, 3.63) is 44.8 Å². The molecular weight excluding hydrogens is 382 g/mol. The molecule has 0 radical (unpaired) electrons. The topological polar surface area (TPSA) is 59.1 Å². The predicted octanol–water partition coefficient (Wildman–Crippen LogP) is 2.35. The number of carbonyl (C=O) groups is 1. The van der Waals surface area contributed by atoms with E-state index in [0.29, 0.717) is 33.9 Å². The van der Waals surface area contributed by atoms with E-state index < -0.39 is 11.6 Å². The van der Waals surface area contributed by atoms with Gasteiger partial charge in [-0.3, -0.25) is 0 Å². The molecule has 3 saturated heterocycles. The van der Waals surface area contributed by atoms with Gasteiger partial charge in [0, 0.05) is 12.8 Å². The lowest BCUT2D eigenvalue weighted by Crippen LogP contribution is -2.60. The van der Waals surface area contributed by atoms with Crippen LogP contribution in [0.2, 0.25) is 0 Å². The van der Waals surface area contributed by atoms with Crippen molar-refractivity contribution in [1.29, 1.82) is 0 Å². The van der Waals surface area contributed by atoms with Gasteiger partial charge in [-0.25, -0.2) is 4.79 Å². The number of nitrogens with zero attached hydrogens (tertiary/aromatic N) is 1. The van der Waals surface area contributed by atoms with Crippen molar-refractivity contribution in [1.82, 2.24) is 0 Å². The lowest BCUT2D eigenvalue weighted by Gasteiger charge is -2.45. The maximum Gasteiger partial charge on any atom is 0.349 e. The number of esters is 1. The molecule has 142 valence electrons. The van der Waals surface area contributed by atoms with Crippen LogP contribution in [0.4, 0.5) is 0 Å². The standard InChI is InChI=1S/C20H22NO4S2/c1-21(2)12-9-11(10-13(21)20-16(12)17(20)25-20)24-18(22)19(23,14-5-3-7-26-14)15-6-4-8-27-15/h3-8,11-13,16-17,23H,9-10H2,1-2H3/q+1/t11-,12?,13?,16?,17?,20?/m0/s1. The van der Waals surface area contributed by atoms with Gasteiger partial charge in [-0.15, -0.1) is 22.7 Å². The predicted molar refractivity (Wildman–Crippen MR) is 102 cm³/mol. The van der Waals surface area contributed by atoms with Crippen molar-refractivity contribution >= 4 is 28.6 Å². The number of quaternary nitrogens is 1. The van der Waals surface area contributed by atoms with E-state index >= 15 is 0 Å². The molecule has 2 bridgehead atoms. The molecule has 2 aromatic rings. The van der Waals surface area contributed by atoms with E-state index in [4.69, 9.17) is 9.47 Å². The summed E-state index contributed by atoms with van der Waals surface area (Å²) in [4.78, 5) is 14.4. The minimum atomic E-state index is -1.72. The van der Waals surface area contributed by atoms with E-state index in [1.54, 1.807) is 12.1 Å². The van der Waals surface area contributed by atoms with Crippen LogP contribution in [-0.2, 0) is 19.9 Å². The summed E-state index contributed by atoms with van der Waals surface area (Å²) in [5.74, 6) is 0.0816. The lowest BCUT2D eigenvalue weighted by atomic mass is 9.92. The van der Waals surface area contributed by atoms with Crippen LogP contribution in [0.3, 0.4) is 0 Å². The van der Waals surface area contributed by atoms with Gasteiger partial charge in [-0.05, 0) is 22.9 Å². The van der Waals surface area contributed by atoms with E-state index in [-0.39, 0.29) is 11.7 Å². The highest BCUT2D eigenvalue weighted by Gasteiger charge is 2.97. The number of rotatable bonds is 4. The Morgan fingerprint density at radius 2 is 1.93 bits per heavy atom. The minimum absolute atomic E-state index is 0.0765. The highest BCUT2D eigenvalue weighted by atomic mass is 32.1. The largest absolute Gasteiger partial charge is 0.459 e. The molecule has 0 aromatic carbocycles. The fourth-order valence-electron chi connectivity index (χ4n) is 5.91. The molecule has 0 amide bonds. The van der Waals surface area contributed by atoms with Gasteiger partial charge in [0.2, 0.25) is 5.60 Å². The number of aliphatic hydroxyl groups is 1. The molecule has 1 aliphatic carbocycles. The summed E-state index contributed by atoms with van der Waals surface area (Å²) < 4.78 is 12.8. The Kier molecular flexibility index (Phi) is 3.10. The third-order valence-electron chi connectivity index (χ3n) is 7.37. The fraction of sp³-hybridized carbons (Fsp3) is 0.550. The Balaban J connectivity index is 1.27. The van der Waals surface area contributed by atoms with Gasteiger partial charge in [0.15, 0.2) is 5.60 Å². The molecule has 5 heterocycles. The summed E-state index contributed by atoms with van der Waals surface area (Å²) in [7, 11) is 4.56. The monoisotopic (exact) mass is 404 g/mol. The first-order valence-electron chi connectivity index (χ1n) is 9.42. The average molecular weight is 405 g/mol. The molecule has 6 atom stereocenters. The highest BCUT2D eigenvalue weighted by Crippen LogP contribution is 2.77. The van der Waals surface area contributed by atoms with Crippen molar-refractivity contribution in [2.24, 2.45) is 5.92 Å². The van der Waals surface area contributed by atoms with Crippen molar-refractivity contribution in [3.8, 4) is 0 Å². The van der Waals surface area contributed by atoms with Crippen LogP contribution in [-0.4, -0.2) is 59.5 Å². The molecule has 6 rings (SSSR count). The number of epoxide rings is 1. The summed E-state index contributed by atoms with van der Waals surface area (Å²) in [5, 5.41) is 15.2. The zero-order valence-corrected chi connectivity index (χ0v) is 16.8. The first-order valence-corrected chi connectivity index (χ1v) is 11.2. The first kappa shape index (κ1) is 16.7. The van der Waals surface area contributed by atoms with E-state index in [0.717, 1.165) is 17.3 Å². The third kappa shape index (κ3) is 1.92. The van der Waals surface area contributed by atoms with Crippen LogP contribution in [0, 0.1) is 5.92 Å². The summed E-state index contributed by atoms with van der Waals surface area (Å²) in [6.45, 7) is 0. The summed E-state index contributed by atoms with van der Waals surface area (Å²) in [6.07, 6.45) is 1.97. The van der Waals surface area contributed by atoms with Crippen molar-refractivity contribution in [2.75, 3.05) is 14.1 Å². The molecule has 1 N–H and O–H groups in total. The molecule has 7 heteroatoms. The number of piperidine rings is 2. The van der Waals surface area contributed by atoms with Crippen LogP contribution in [0.25, 0.3) is 0 Å². The Bertz CT molecular complexity index is 874. The summed E-state index contributed by atoms with van der Waals surface area (Å²) >= 11 is 2.76. The van der Waals surface area contributed by atoms with Gasteiger partial charge in [0.25, 0.3) is 0 Å². The molecule has 4 aliphatic rings.